The van der Waals surface area contributed by atoms with Crippen LogP contribution in [-0.4, -0.2) is 62.5 Å². The maximum Gasteiger partial charge on any atom is 0.186 e. The molecular formula is C32H39N9OS. The molecule has 8 rings (SSSR count). The summed E-state index contributed by atoms with van der Waals surface area (Å²) < 4.78 is 8.45. The molecule has 10 nitrogen and oxygen atoms in total. The fourth-order valence-corrected chi connectivity index (χ4v) is 9.75. The molecule has 2 N–H and O–H groups in total. The lowest BCUT2D eigenvalue weighted by atomic mass is 9.63. The first kappa shape index (κ1) is 27.1. The van der Waals surface area contributed by atoms with Crippen LogP contribution in [0.5, 0.6) is 0 Å². The van der Waals surface area contributed by atoms with E-state index < -0.39 is 0 Å². The number of nitrogen functional groups attached to an aromatic ring is 1. The van der Waals surface area contributed by atoms with Crippen LogP contribution < -0.4 is 10.6 Å². The summed E-state index contributed by atoms with van der Waals surface area (Å²) in [4.78, 5) is 16.5. The topological polar surface area (TPSA) is 126 Å². The molecule has 4 aromatic rings. The molecule has 0 radical (unpaired) electrons. The second-order valence-corrected chi connectivity index (χ2v) is 14.2. The average molecular weight is 598 g/mol. The predicted molar refractivity (Wildman–Crippen MR) is 167 cm³/mol. The molecule has 0 amide bonds. The largest absolute Gasteiger partial charge is 0.389 e. The van der Waals surface area contributed by atoms with Gasteiger partial charge in [0.25, 0.3) is 0 Å². The van der Waals surface area contributed by atoms with E-state index in [1.165, 1.54) is 17.7 Å². The molecule has 6 heterocycles. The van der Waals surface area contributed by atoms with Crippen LogP contribution in [0.2, 0.25) is 0 Å². The molecular weight excluding hydrogens is 558 g/mol. The smallest absolute Gasteiger partial charge is 0.186 e. The summed E-state index contributed by atoms with van der Waals surface area (Å²) in [6.07, 6.45) is 13.6. The van der Waals surface area contributed by atoms with E-state index in [-0.39, 0.29) is 11.5 Å². The molecule has 0 aromatic carbocycles. The normalized spacial score (nSPS) is 24.8. The quantitative estimate of drug-likeness (QED) is 0.320. The Bertz CT molecular complexity index is 1740. The SMILES string of the molecule is CC(C1CCCN1C)n1ncc2c(N3CCCCC3)nc(-c3noc4c3CCCC43CCCc4sc(N)c(C#N)c43)nc21. The predicted octanol–water partition coefficient (Wildman–Crippen LogP) is 5.60. The van der Waals surface area contributed by atoms with Gasteiger partial charge in [0.2, 0.25) is 0 Å². The van der Waals surface area contributed by atoms with Gasteiger partial charge in [-0.2, -0.15) is 10.4 Å². The molecule has 2 aliphatic heterocycles. The van der Waals surface area contributed by atoms with E-state index in [9.17, 15) is 5.26 Å². The lowest BCUT2D eigenvalue weighted by Crippen LogP contribution is -2.35. The van der Waals surface area contributed by atoms with Crippen molar-refractivity contribution < 1.29 is 4.52 Å². The van der Waals surface area contributed by atoms with E-state index in [0.717, 1.165) is 117 Å². The minimum absolute atomic E-state index is 0.186. The Morgan fingerprint density at radius 3 is 2.67 bits per heavy atom. The van der Waals surface area contributed by atoms with Crippen molar-refractivity contribution in [3.8, 4) is 17.6 Å². The number of likely N-dealkylation sites (tertiary alicyclic amines) is 1. The van der Waals surface area contributed by atoms with Crippen molar-refractivity contribution in [2.45, 2.75) is 95.1 Å². The third-order valence-corrected chi connectivity index (χ3v) is 11.8. The van der Waals surface area contributed by atoms with Crippen LogP contribution in [-0.2, 0) is 18.3 Å². The second-order valence-electron chi connectivity index (χ2n) is 13.1. The van der Waals surface area contributed by atoms with Crippen LogP contribution in [0.15, 0.2) is 10.7 Å². The summed E-state index contributed by atoms with van der Waals surface area (Å²) in [5, 5.41) is 21.4. The zero-order valence-electron chi connectivity index (χ0n) is 25.1. The summed E-state index contributed by atoms with van der Waals surface area (Å²) in [7, 11) is 2.21. The molecule has 1 spiro atoms. The van der Waals surface area contributed by atoms with Gasteiger partial charge in [0, 0.05) is 29.6 Å². The zero-order valence-corrected chi connectivity index (χ0v) is 25.9. The van der Waals surface area contributed by atoms with Gasteiger partial charge < -0.3 is 20.1 Å². The lowest BCUT2D eigenvalue weighted by Gasteiger charge is -2.39. The number of likely N-dealkylation sites (N-methyl/N-ethyl adjacent to an activating group) is 1. The maximum atomic E-state index is 10.1. The number of hydrogen-bond donors (Lipinski definition) is 1. The first-order chi connectivity index (χ1) is 21.0. The number of aromatic nitrogens is 5. The fraction of sp³-hybridized carbons (Fsp3) is 0.594. The summed E-state index contributed by atoms with van der Waals surface area (Å²) in [6, 6.07) is 3.04. The number of anilines is 2. The number of fused-ring (bicyclic) bond motifs is 5. The van der Waals surface area contributed by atoms with Gasteiger partial charge in [-0.25, -0.2) is 14.6 Å². The molecule has 3 unspecified atom stereocenters. The number of nitrogens with zero attached hydrogens (tertiary/aromatic N) is 8. The van der Waals surface area contributed by atoms with Crippen molar-refractivity contribution in [1.82, 2.24) is 29.8 Å². The number of hydrogen-bond acceptors (Lipinski definition) is 10. The first-order valence-corrected chi connectivity index (χ1v) is 16.8. The second kappa shape index (κ2) is 10.3. The molecule has 2 saturated heterocycles. The van der Waals surface area contributed by atoms with E-state index in [1.807, 2.05) is 6.20 Å². The highest BCUT2D eigenvalue weighted by atomic mass is 32.1. The number of rotatable bonds is 4. The summed E-state index contributed by atoms with van der Waals surface area (Å²) in [5.74, 6) is 2.46. The van der Waals surface area contributed by atoms with Gasteiger partial charge in [0.1, 0.15) is 16.9 Å². The van der Waals surface area contributed by atoms with Crippen LogP contribution in [0.3, 0.4) is 0 Å². The fourth-order valence-electron chi connectivity index (χ4n) is 8.59. The minimum atomic E-state index is -0.366. The van der Waals surface area contributed by atoms with Crippen molar-refractivity contribution in [2.75, 3.05) is 37.3 Å². The summed E-state index contributed by atoms with van der Waals surface area (Å²) >= 11 is 1.57. The Hall–Kier alpha value is -3.49. The van der Waals surface area contributed by atoms with Gasteiger partial charge in [-0.15, -0.1) is 11.3 Å². The first-order valence-electron chi connectivity index (χ1n) is 16.0. The Morgan fingerprint density at radius 2 is 1.91 bits per heavy atom. The molecule has 3 atom stereocenters. The molecule has 11 heteroatoms. The van der Waals surface area contributed by atoms with Crippen LogP contribution in [0, 0.1) is 11.3 Å². The summed E-state index contributed by atoms with van der Waals surface area (Å²) in [5.41, 5.74) is 10.4. The number of aryl methyl sites for hydroxylation is 1. The van der Waals surface area contributed by atoms with Crippen molar-refractivity contribution in [3.63, 3.8) is 0 Å². The number of thiophene rings is 1. The van der Waals surface area contributed by atoms with Crippen molar-refractivity contribution in [3.05, 3.63) is 33.5 Å². The van der Waals surface area contributed by atoms with E-state index in [4.69, 9.17) is 30.5 Å². The highest BCUT2D eigenvalue weighted by Gasteiger charge is 2.49. The average Bonchev–Trinajstić information content (AvgIpc) is 3.82. The minimum Gasteiger partial charge on any atom is -0.389 e. The zero-order chi connectivity index (χ0) is 29.3. The number of piperidine rings is 1. The van der Waals surface area contributed by atoms with Crippen LogP contribution in [0.1, 0.15) is 98.1 Å². The van der Waals surface area contributed by atoms with Gasteiger partial charge in [-0.05, 0) is 96.7 Å². The molecule has 4 aromatic heterocycles. The number of nitriles is 1. The van der Waals surface area contributed by atoms with Gasteiger partial charge >= 0.3 is 0 Å². The Morgan fingerprint density at radius 1 is 1.09 bits per heavy atom. The third-order valence-electron chi connectivity index (χ3n) is 10.7. The monoisotopic (exact) mass is 597 g/mol. The Kier molecular flexibility index (Phi) is 6.49. The lowest BCUT2D eigenvalue weighted by molar-refractivity contribution is 0.232. The molecule has 2 fully saturated rings. The third kappa shape index (κ3) is 4.06. The molecule has 2 aliphatic carbocycles. The molecule has 43 heavy (non-hydrogen) atoms. The van der Waals surface area contributed by atoms with E-state index >= 15 is 0 Å². The summed E-state index contributed by atoms with van der Waals surface area (Å²) in [6.45, 7) is 5.35. The standard InChI is InChI=1S/C32H39N9OS/c1-19(23-10-8-14-39(23)2)41-31-22(18-35-41)30(40-15-4-3-5-16-40)36-29(37-31)26-20-9-6-12-32(27(20)42-38-26)13-7-11-24-25(32)21(17-33)28(34)43-24/h18-19,23H,3-16,34H2,1-2H3. The maximum absolute atomic E-state index is 10.1. The van der Waals surface area contributed by atoms with E-state index in [2.05, 4.69) is 34.5 Å². The van der Waals surface area contributed by atoms with Crippen molar-refractivity contribution in [2.24, 2.45) is 0 Å². The number of nitrogens with two attached hydrogens (primary N) is 1. The molecule has 0 saturated carbocycles. The molecule has 224 valence electrons. The van der Waals surface area contributed by atoms with E-state index in [1.54, 1.807) is 11.3 Å². The Labute approximate surface area is 255 Å². The van der Waals surface area contributed by atoms with Gasteiger partial charge in [-0.1, -0.05) is 5.16 Å². The Balaban J connectivity index is 1.29. The van der Waals surface area contributed by atoms with E-state index in [0.29, 0.717) is 22.4 Å². The highest BCUT2D eigenvalue weighted by molar-refractivity contribution is 7.16. The van der Waals surface area contributed by atoms with Crippen molar-refractivity contribution >= 4 is 33.2 Å². The van der Waals surface area contributed by atoms with Gasteiger partial charge in [0.05, 0.1) is 28.6 Å². The van der Waals surface area contributed by atoms with Crippen LogP contribution in [0.4, 0.5) is 10.8 Å². The van der Waals surface area contributed by atoms with Crippen LogP contribution >= 0.6 is 11.3 Å². The molecule has 0 bridgehead atoms. The van der Waals surface area contributed by atoms with Crippen molar-refractivity contribution in [1.29, 1.82) is 5.26 Å². The van der Waals surface area contributed by atoms with Gasteiger partial charge in [-0.3, -0.25) is 0 Å². The highest BCUT2D eigenvalue weighted by Crippen LogP contribution is 2.55. The molecule has 4 aliphatic rings. The van der Waals surface area contributed by atoms with Crippen LogP contribution in [0.25, 0.3) is 22.6 Å². The van der Waals surface area contributed by atoms with Gasteiger partial charge in [0.15, 0.2) is 22.9 Å².